The highest BCUT2D eigenvalue weighted by Crippen LogP contribution is 2.32. The van der Waals surface area contributed by atoms with Crippen LogP contribution in [0.4, 0.5) is 5.82 Å². The van der Waals surface area contributed by atoms with Crippen LogP contribution in [0.2, 0.25) is 0 Å². The molecule has 3 aromatic rings. The third-order valence-electron chi connectivity index (χ3n) is 2.83. The van der Waals surface area contributed by atoms with Gasteiger partial charge in [0, 0.05) is 12.3 Å². The summed E-state index contributed by atoms with van der Waals surface area (Å²) in [7, 11) is 0. The monoisotopic (exact) mass is 343 g/mol. The number of nitrogens with one attached hydrogen (secondary N) is 1. The summed E-state index contributed by atoms with van der Waals surface area (Å²) in [5.41, 5.74) is 1.58. The zero-order chi connectivity index (χ0) is 15.2. The lowest BCUT2D eigenvalue weighted by atomic mass is 10.2. The Hall–Kier alpha value is -1.56. The molecule has 0 atom stereocenters. The van der Waals surface area contributed by atoms with E-state index in [1.807, 2.05) is 18.2 Å². The number of nitrogens with zero attached hydrogens (tertiary/aromatic N) is 2. The number of halogens is 3. The van der Waals surface area contributed by atoms with E-state index in [1.165, 1.54) is 0 Å². The van der Waals surface area contributed by atoms with Crippen LogP contribution in [0.25, 0.3) is 22.0 Å². The van der Waals surface area contributed by atoms with Crippen molar-refractivity contribution in [2.45, 2.75) is 10.7 Å². The first kappa shape index (κ1) is 14.4. The molecule has 0 aliphatic carbocycles. The number of anilines is 1. The first-order valence-corrected chi connectivity index (χ1v) is 7.03. The number of alkyl halides is 3. The molecule has 0 unspecified atom stereocenters. The number of aryl methyl sites for hydroxylation is 1. The lowest BCUT2D eigenvalue weighted by molar-refractivity contribution is -0.115. The summed E-state index contributed by atoms with van der Waals surface area (Å²) in [6, 6.07) is 7.33. The van der Waals surface area contributed by atoms with Crippen LogP contribution in [0, 0.1) is 6.92 Å². The normalized spacial score (nSPS) is 12.0. The van der Waals surface area contributed by atoms with Gasteiger partial charge in [-0.2, -0.15) is 0 Å². The van der Waals surface area contributed by atoms with E-state index in [9.17, 15) is 4.79 Å². The predicted molar refractivity (Wildman–Crippen MR) is 83.0 cm³/mol. The van der Waals surface area contributed by atoms with Crippen LogP contribution in [0.1, 0.15) is 5.89 Å². The maximum Gasteiger partial charge on any atom is 0.277 e. The van der Waals surface area contributed by atoms with Gasteiger partial charge < -0.3 is 9.73 Å². The summed E-state index contributed by atoms with van der Waals surface area (Å²) in [5, 5.41) is 3.25. The van der Waals surface area contributed by atoms with Crippen molar-refractivity contribution in [2.75, 3.05) is 5.32 Å². The molecule has 2 aromatic heterocycles. The van der Waals surface area contributed by atoms with Gasteiger partial charge in [-0.25, -0.2) is 9.97 Å². The number of rotatable bonds is 1. The van der Waals surface area contributed by atoms with E-state index in [2.05, 4.69) is 15.3 Å². The summed E-state index contributed by atoms with van der Waals surface area (Å²) >= 11 is 16.7. The average molecular weight is 345 g/mol. The number of benzene rings is 1. The summed E-state index contributed by atoms with van der Waals surface area (Å²) in [5.74, 6) is -0.165. The van der Waals surface area contributed by atoms with Gasteiger partial charge in [-0.1, -0.05) is 46.9 Å². The summed E-state index contributed by atoms with van der Waals surface area (Å²) in [6.07, 6.45) is 0. The highest BCUT2D eigenvalue weighted by Gasteiger charge is 2.32. The van der Waals surface area contributed by atoms with Gasteiger partial charge in [0.15, 0.2) is 22.8 Å². The molecule has 0 spiro atoms. The van der Waals surface area contributed by atoms with Crippen molar-refractivity contribution >= 4 is 68.5 Å². The smallest absolute Gasteiger partial charge is 0.277 e. The SMILES string of the molecule is Cc1nc2c(NC(=O)C(Cl)(Cl)Cl)nc3ccccc3c2o1. The highest BCUT2D eigenvalue weighted by molar-refractivity contribution is 6.76. The molecular weight excluding hydrogens is 337 g/mol. The summed E-state index contributed by atoms with van der Waals surface area (Å²) in [6.45, 7) is 1.70. The lowest BCUT2D eigenvalue weighted by Gasteiger charge is -2.11. The molecule has 8 heteroatoms. The second-order valence-corrected chi connectivity index (χ2v) is 6.62. The minimum absolute atomic E-state index is 0.192. The Morgan fingerprint density at radius 2 is 1.95 bits per heavy atom. The van der Waals surface area contributed by atoms with Crippen LogP contribution < -0.4 is 5.32 Å². The first-order chi connectivity index (χ1) is 9.86. The zero-order valence-electron chi connectivity index (χ0n) is 10.7. The van der Waals surface area contributed by atoms with Gasteiger partial charge in [0.2, 0.25) is 0 Å². The molecule has 0 bridgehead atoms. The Morgan fingerprint density at radius 3 is 2.67 bits per heavy atom. The topological polar surface area (TPSA) is 68.0 Å². The molecule has 1 amide bonds. The van der Waals surface area contributed by atoms with Crippen molar-refractivity contribution in [1.82, 2.24) is 9.97 Å². The molecule has 1 aromatic carbocycles. The molecule has 2 heterocycles. The van der Waals surface area contributed by atoms with Crippen LogP contribution in [-0.4, -0.2) is 19.7 Å². The van der Waals surface area contributed by atoms with E-state index >= 15 is 0 Å². The van der Waals surface area contributed by atoms with E-state index in [4.69, 9.17) is 39.2 Å². The van der Waals surface area contributed by atoms with Crippen molar-refractivity contribution in [3.8, 4) is 0 Å². The molecule has 0 fully saturated rings. The minimum atomic E-state index is -2.08. The van der Waals surface area contributed by atoms with Crippen molar-refractivity contribution in [3.63, 3.8) is 0 Å². The fraction of sp³-hybridized carbons (Fsp3) is 0.154. The number of oxazole rings is 1. The van der Waals surface area contributed by atoms with E-state index in [0.717, 1.165) is 5.39 Å². The van der Waals surface area contributed by atoms with Crippen LogP contribution in [-0.2, 0) is 4.79 Å². The van der Waals surface area contributed by atoms with Gasteiger partial charge >= 0.3 is 0 Å². The Labute approximate surface area is 134 Å². The Morgan fingerprint density at radius 1 is 1.24 bits per heavy atom. The average Bonchev–Trinajstić information content (AvgIpc) is 2.80. The second-order valence-electron chi connectivity index (χ2n) is 4.34. The van der Waals surface area contributed by atoms with Crippen molar-refractivity contribution in [2.24, 2.45) is 0 Å². The second kappa shape index (κ2) is 5.02. The van der Waals surface area contributed by atoms with Gasteiger partial charge in [-0.3, -0.25) is 4.79 Å². The Kier molecular flexibility index (Phi) is 3.43. The fourth-order valence-corrected chi connectivity index (χ4v) is 2.11. The molecule has 0 saturated carbocycles. The third-order valence-corrected chi connectivity index (χ3v) is 3.34. The van der Waals surface area contributed by atoms with Crippen LogP contribution in [0.15, 0.2) is 28.7 Å². The molecule has 3 rings (SSSR count). The minimum Gasteiger partial charge on any atom is -0.440 e. The van der Waals surface area contributed by atoms with Gasteiger partial charge in [0.1, 0.15) is 0 Å². The van der Waals surface area contributed by atoms with Gasteiger partial charge in [0.25, 0.3) is 9.70 Å². The number of pyridine rings is 1. The number of aromatic nitrogens is 2. The van der Waals surface area contributed by atoms with E-state index in [0.29, 0.717) is 22.5 Å². The highest BCUT2D eigenvalue weighted by atomic mass is 35.6. The maximum atomic E-state index is 11.8. The van der Waals surface area contributed by atoms with Crippen molar-refractivity contribution in [1.29, 1.82) is 0 Å². The molecule has 0 saturated heterocycles. The molecule has 108 valence electrons. The molecule has 5 nitrogen and oxygen atoms in total. The number of hydrogen-bond acceptors (Lipinski definition) is 4. The van der Waals surface area contributed by atoms with Crippen LogP contribution in [0.3, 0.4) is 0 Å². The molecule has 21 heavy (non-hydrogen) atoms. The number of amides is 1. The molecular formula is C13H8Cl3N3O2. The van der Waals surface area contributed by atoms with Crippen molar-refractivity contribution < 1.29 is 9.21 Å². The van der Waals surface area contributed by atoms with Gasteiger partial charge in [-0.15, -0.1) is 0 Å². The number of hydrogen-bond donors (Lipinski definition) is 1. The number of carbonyl (C=O) groups excluding carboxylic acids is 1. The van der Waals surface area contributed by atoms with Crippen LogP contribution in [0.5, 0.6) is 0 Å². The standard InChI is InChI=1S/C13H8Cl3N3O2/c1-6-17-9-10(21-6)7-4-2-3-5-8(7)18-11(9)19-12(20)13(14,15)16/h2-5H,1H3,(H,18,19,20). The number of fused-ring (bicyclic) bond motifs is 3. The predicted octanol–water partition coefficient (Wildman–Crippen LogP) is 3.99. The summed E-state index contributed by atoms with van der Waals surface area (Å²) in [4.78, 5) is 20.4. The zero-order valence-corrected chi connectivity index (χ0v) is 12.9. The molecule has 0 radical (unpaired) electrons. The Balaban J connectivity index is 2.23. The van der Waals surface area contributed by atoms with E-state index in [1.54, 1.807) is 13.0 Å². The first-order valence-electron chi connectivity index (χ1n) is 5.90. The Bertz CT molecular complexity index is 855. The fourth-order valence-electron chi connectivity index (χ4n) is 1.97. The third kappa shape index (κ3) is 2.64. The lowest BCUT2D eigenvalue weighted by Crippen LogP contribution is -2.27. The summed E-state index contributed by atoms with van der Waals surface area (Å²) < 4.78 is 3.50. The quantitative estimate of drug-likeness (QED) is 0.678. The number of carbonyl (C=O) groups is 1. The molecule has 0 aliphatic rings. The van der Waals surface area contributed by atoms with Crippen LogP contribution >= 0.6 is 34.8 Å². The van der Waals surface area contributed by atoms with E-state index in [-0.39, 0.29) is 5.82 Å². The molecule has 1 N–H and O–H groups in total. The molecule has 0 aliphatic heterocycles. The van der Waals surface area contributed by atoms with Crippen molar-refractivity contribution in [3.05, 3.63) is 30.2 Å². The van der Waals surface area contributed by atoms with E-state index < -0.39 is 9.70 Å². The number of para-hydroxylation sites is 1. The van der Waals surface area contributed by atoms with Gasteiger partial charge in [0.05, 0.1) is 5.52 Å². The van der Waals surface area contributed by atoms with Gasteiger partial charge in [-0.05, 0) is 12.1 Å². The largest absolute Gasteiger partial charge is 0.440 e. The maximum absolute atomic E-state index is 11.8.